The molecular formula is C13H22N4. The highest BCUT2D eigenvalue weighted by molar-refractivity contribution is 5.33. The van der Waals surface area contributed by atoms with Crippen molar-refractivity contribution in [2.75, 3.05) is 18.5 Å². The van der Waals surface area contributed by atoms with Gasteiger partial charge in [-0.1, -0.05) is 19.9 Å². The van der Waals surface area contributed by atoms with Gasteiger partial charge in [0.1, 0.15) is 5.82 Å². The Morgan fingerprint density at radius 3 is 2.71 bits per heavy atom. The van der Waals surface area contributed by atoms with E-state index in [1.807, 2.05) is 12.1 Å². The zero-order valence-corrected chi connectivity index (χ0v) is 10.7. The molecule has 1 saturated heterocycles. The van der Waals surface area contributed by atoms with Gasteiger partial charge in [0.2, 0.25) is 0 Å². The Hall–Kier alpha value is -1.13. The van der Waals surface area contributed by atoms with E-state index in [0.29, 0.717) is 0 Å². The maximum absolute atomic E-state index is 5.37. The van der Waals surface area contributed by atoms with Gasteiger partial charge in [-0.05, 0) is 30.4 Å². The number of nitrogens with zero attached hydrogens (tertiary/aromatic N) is 2. The van der Waals surface area contributed by atoms with Gasteiger partial charge in [0.15, 0.2) is 0 Å². The largest absolute Gasteiger partial charge is 0.308 e. The van der Waals surface area contributed by atoms with Crippen molar-refractivity contribution in [3.8, 4) is 0 Å². The van der Waals surface area contributed by atoms with Crippen molar-refractivity contribution in [1.29, 1.82) is 0 Å². The summed E-state index contributed by atoms with van der Waals surface area (Å²) < 4.78 is 0. The number of hydrogen-bond acceptors (Lipinski definition) is 4. The summed E-state index contributed by atoms with van der Waals surface area (Å²) in [5.74, 6) is 7.68. The van der Waals surface area contributed by atoms with Gasteiger partial charge in [-0.25, -0.2) is 10.8 Å². The number of piperidine rings is 1. The third-order valence-electron chi connectivity index (χ3n) is 3.28. The van der Waals surface area contributed by atoms with Crippen LogP contribution in [0.2, 0.25) is 0 Å². The summed E-state index contributed by atoms with van der Waals surface area (Å²) in [5.41, 5.74) is 3.68. The average molecular weight is 234 g/mol. The molecule has 0 amide bonds. The van der Waals surface area contributed by atoms with E-state index in [1.54, 1.807) is 0 Å². The highest BCUT2D eigenvalue weighted by Gasteiger charge is 2.21. The first-order chi connectivity index (χ1) is 8.17. The standard InChI is InChI=1S/C13H22N4/c1-10-6-11(2)8-17(7-10)9-12-4-3-5-13(15-12)16-14/h3-5,10-11H,6-9,14H2,1-2H3,(H,15,16). The van der Waals surface area contributed by atoms with E-state index in [2.05, 4.69) is 35.2 Å². The van der Waals surface area contributed by atoms with Crippen LogP contribution >= 0.6 is 0 Å². The SMILES string of the molecule is CC1CC(C)CN(Cc2cccc(NN)n2)C1. The van der Waals surface area contributed by atoms with Crippen LogP contribution in [0, 0.1) is 11.8 Å². The maximum Gasteiger partial charge on any atom is 0.140 e. The van der Waals surface area contributed by atoms with E-state index in [9.17, 15) is 0 Å². The molecule has 0 spiro atoms. The Morgan fingerprint density at radius 2 is 2.06 bits per heavy atom. The highest BCUT2D eigenvalue weighted by Crippen LogP contribution is 2.22. The average Bonchev–Trinajstić information content (AvgIpc) is 2.28. The molecule has 0 bridgehead atoms. The zero-order valence-electron chi connectivity index (χ0n) is 10.7. The molecule has 2 unspecified atom stereocenters. The van der Waals surface area contributed by atoms with E-state index in [0.717, 1.165) is 29.9 Å². The third kappa shape index (κ3) is 3.41. The second-order valence-electron chi connectivity index (χ2n) is 5.30. The van der Waals surface area contributed by atoms with Gasteiger partial charge in [-0.3, -0.25) is 4.90 Å². The lowest BCUT2D eigenvalue weighted by molar-refractivity contribution is 0.133. The smallest absolute Gasteiger partial charge is 0.140 e. The van der Waals surface area contributed by atoms with Gasteiger partial charge in [0.05, 0.1) is 5.69 Å². The molecule has 3 N–H and O–H groups in total. The van der Waals surface area contributed by atoms with Crippen molar-refractivity contribution >= 4 is 5.82 Å². The highest BCUT2D eigenvalue weighted by atomic mass is 15.3. The first kappa shape index (κ1) is 12.3. The van der Waals surface area contributed by atoms with Crippen molar-refractivity contribution in [3.63, 3.8) is 0 Å². The molecule has 0 radical (unpaired) electrons. The third-order valence-corrected chi connectivity index (χ3v) is 3.28. The van der Waals surface area contributed by atoms with E-state index in [4.69, 9.17) is 5.84 Å². The van der Waals surface area contributed by atoms with Crippen LogP contribution in [0.15, 0.2) is 18.2 Å². The van der Waals surface area contributed by atoms with Gasteiger partial charge in [-0.15, -0.1) is 0 Å². The number of rotatable bonds is 3. The van der Waals surface area contributed by atoms with E-state index in [-0.39, 0.29) is 0 Å². The van der Waals surface area contributed by atoms with Gasteiger partial charge >= 0.3 is 0 Å². The molecule has 0 aromatic carbocycles. The summed E-state index contributed by atoms with van der Waals surface area (Å²) in [4.78, 5) is 6.95. The quantitative estimate of drug-likeness (QED) is 0.619. The number of nitrogens with one attached hydrogen (secondary N) is 1. The van der Waals surface area contributed by atoms with Crippen LogP contribution in [0.25, 0.3) is 0 Å². The predicted molar refractivity (Wildman–Crippen MR) is 70.3 cm³/mol. The first-order valence-corrected chi connectivity index (χ1v) is 6.32. The fourth-order valence-corrected chi connectivity index (χ4v) is 2.80. The molecule has 1 aromatic rings. The molecule has 4 heteroatoms. The van der Waals surface area contributed by atoms with E-state index >= 15 is 0 Å². The number of nitrogen functional groups attached to an aromatic ring is 1. The summed E-state index contributed by atoms with van der Waals surface area (Å²) in [6.07, 6.45) is 1.34. The van der Waals surface area contributed by atoms with Crippen molar-refractivity contribution < 1.29 is 0 Å². The van der Waals surface area contributed by atoms with Crippen molar-refractivity contribution in [3.05, 3.63) is 23.9 Å². The van der Waals surface area contributed by atoms with E-state index < -0.39 is 0 Å². The minimum atomic E-state index is 0.737. The summed E-state index contributed by atoms with van der Waals surface area (Å²) in [7, 11) is 0. The number of pyridine rings is 1. The molecule has 2 atom stereocenters. The number of hydrogen-bond donors (Lipinski definition) is 2. The second kappa shape index (κ2) is 5.47. The van der Waals surface area contributed by atoms with E-state index in [1.165, 1.54) is 19.5 Å². The molecule has 1 aromatic heterocycles. The van der Waals surface area contributed by atoms with Crippen LogP contribution in [0.3, 0.4) is 0 Å². The summed E-state index contributed by atoms with van der Waals surface area (Å²) in [6, 6.07) is 5.93. The van der Waals surface area contributed by atoms with Gasteiger partial charge in [0.25, 0.3) is 0 Å². The van der Waals surface area contributed by atoms with Crippen molar-refractivity contribution in [2.24, 2.45) is 17.7 Å². The predicted octanol–water partition coefficient (Wildman–Crippen LogP) is 1.85. The zero-order chi connectivity index (χ0) is 12.3. The topological polar surface area (TPSA) is 54.2 Å². The van der Waals surface area contributed by atoms with Crippen LogP contribution < -0.4 is 11.3 Å². The van der Waals surface area contributed by atoms with Crippen molar-refractivity contribution in [1.82, 2.24) is 9.88 Å². The molecule has 1 aliphatic rings. The monoisotopic (exact) mass is 234 g/mol. The molecule has 2 rings (SSSR count). The fourth-order valence-electron chi connectivity index (χ4n) is 2.80. The maximum atomic E-state index is 5.37. The molecule has 94 valence electrons. The lowest BCUT2D eigenvalue weighted by Crippen LogP contribution is -2.38. The van der Waals surface area contributed by atoms with Crippen LogP contribution in [-0.4, -0.2) is 23.0 Å². The Kier molecular flexibility index (Phi) is 3.97. The van der Waals surface area contributed by atoms with Crippen molar-refractivity contribution in [2.45, 2.75) is 26.8 Å². The Balaban J connectivity index is 1.99. The van der Waals surface area contributed by atoms with Gasteiger partial charge in [-0.2, -0.15) is 0 Å². The summed E-state index contributed by atoms with van der Waals surface area (Å²) in [5, 5.41) is 0. The lowest BCUT2D eigenvalue weighted by Gasteiger charge is -2.34. The molecule has 0 saturated carbocycles. The minimum Gasteiger partial charge on any atom is -0.308 e. The minimum absolute atomic E-state index is 0.737. The number of nitrogens with two attached hydrogens (primary N) is 1. The molecule has 1 aliphatic heterocycles. The van der Waals surface area contributed by atoms with Crippen LogP contribution in [0.4, 0.5) is 5.82 Å². The van der Waals surface area contributed by atoms with Crippen LogP contribution in [-0.2, 0) is 6.54 Å². The number of hydrazine groups is 1. The molecule has 2 heterocycles. The summed E-state index contributed by atoms with van der Waals surface area (Å²) in [6.45, 7) is 7.92. The molecule has 4 nitrogen and oxygen atoms in total. The fraction of sp³-hybridized carbons (Fsp3) is 0.615. The lowest BCUT2D eigenvalue weighted by atomic mass is 9.92. The number of anilines is 1. The first-order valence-electron chi connectivity index (χ1n) is 6.32. The van der Waals surface area contributed by atoms with Gasteiger partial charge < -0.3 is 5.43 Å². The summed E-state index contributed by atoms with van der Waals surface area (Å²) >= 11 is 0. The second-order valence-corrected chi connectivity index (χ2v) is 5.30. The molecule has 17 heavy (non-hydrogen) atoms. The Bertz CT molecular complexity index is 356. The normalized spacial score (nSPS) is 25.8. The Morgan fingerprint density at radius 1 is 1.35 bits per heavy atom. The van der Waals surface area contributed by atoms with Crippen LogP contribution in [0.5, 0.6) is 0 Å². The van der Waals surface area contributed by atoms with Gasteiger partial charge in [0, 0.05) is 19.6 Å². The number of aromatic nitrogens is 1. The van der Waals surface area contributed by atoms with Crippen LogP contribution in [0.1, 0.15) is 26.0 Å². The molecule has 1 fully saturated rings. The number of likely N-dealkylation sites (tertiary alicyclic amines) is 1. The molecule has 0 aliphatic carbocycles. The molecular weight excluding hydrogens is 212 g/mol. The Labute approximate surface area is 103 Å².